The molecule has 2 aliphatic heterocycles. The van der Waals surface area contributed by atoms with E-state index in [1.807, 2.05) is 0 Å². The normalized spacial score (nSPS) is 38.7. The SMILES string of the molecule is CC1CN(C2CCS(=O)(=O)C2)C(C(C)C)CN1. The molecule has 100 valence electrons. The minimum atomic E-state index is -2.77. The van der Waals surface area contributed by atoms with Crippen molar-refractivity contribution in [1.82, 2.24) is 10.2 Å². The number of hydrogen-bond donors (Lipinski definition) is 1. The Morgan fingerprint density at radius 3 is 2.59 bits per heavy atom. The van der Waals surface area contributed by atoms with Gasteiger partial charge in [-0.05, 0) is 19.3 Å². The lowest BCUT2D eigenvalue weighted by molar-refractivity contribution is 0.0687. The number of hydrogen-bond acceptors (Lipinski definition) is 4. The van der Waals surface area contributed by atoms with Crippen LogP contribution in [0.25, 0.3) is 0 Å². The minimum Gasteiger partial charge on any atom is -0.311 e. The summed E-state index contributed by atoms with van der Waals surface area (Å²) in [4.78, 5) is 2.44. The van der Waals surface area contributed by atoms with Gasteiger partial charge in [-0.2, -0.15) is 0 Å². The zero-order valence-electron chi connectivity index (χ0n) is 11.0. The van der Waals surface area contributed by atoms with E-state index in [9.17, 15) is 8.42 Å². The first-order valence-corrected chi connectivity index (χ1v) is 8.41. The smallest absolute Gasteiger partial charge is 0.151 e. The summed E-state index contributed by atoms with van der Waals surface area (Å²) in [5, 5.41) is 3.50. The maximum absolute atomic E-state index is 11.6. The summed E-state index contributed by atoms with van der Waals surface area (Å²) in [5.41, 5.74) is 0. The Kier molecular flexibility index (Phi) is 3.80. The Morgan fingerprint density at radius 1 is 1.35 bits per heavy atom. The molecule has 5 heteroatoms. The third kappa shape index (κ3) is 3.01. The van der Waals surface area contributed by atoms with E-state index in [0.29, 0.717) is 29.5 Å². The molecular weight excluding hydrogens is 236 g/mol. The Hall–Kier alpha value is -0.130. The average Bonchev–Trinajstić information content (AvgIpc) is 2.58. The predicted octanol–water partition coefficient (Wildman–Crippen LogP) is 0.492. The Morgan fingerprint density at radius 2 is 2.06 bits per heavy atom. The maximum Gasteiger partial charge on any atom is 0.151 e. The van der Waals surface area contributed by atoms with Gasteiger partial charge in [0.1, 0.15) is 0 Å². The van der Waals surface area contributed by atoms with Crippen LogP contribution in [0.2, 0.25) is 0 Å². The van der Waals surface area contributed by atoms with Gasteiger partial charge in [0, 0.05) is 31.2 Å². The fourth-order valence-electron chi connectivity index (χ4n) is 3.03. The van der Waals surface area contributed by atoms with Crippen molar-refractivity contribution in [3.8, 4) is 0 Å². The topological polar surface area (TPSA) is 49.4 Å². The van der Waals surface area contributed by atoms with Crippen molar-refractivity contribution in [3.63, 3.8) is 0 Å². The molecule has 0 aromatic rings. The summed E-state index contributed by atoms with van der Waals surface area (Å²) in [7, 11) is -2.77. The minimum absolute atomic E-state index is 0.247. The molecule has 4 nitrogen and oxygen atoms in total. The van der Waals surface area contributed by atoms with Crippen molar-refractivity contribution in [2.75, 3.05) is 24.6 Å². The van der Waals surface area contributed by atoms with Crippen LogP contribution in [0.3, 0.4) is 0 Å². The van der Waals surface area contributed by atoms with E-state index < -0.39 is 9.84 Å². The van der Waals surface area contributed by atoms with Crippen molar-refractivity contribution in [2.24, 2.45) is 5.92 Å². The van der Waals surface area contributed by atoms with Gasteiger partial charge >= 0.3 is 0 Å². The molecular formula is C12H24N2O2S. The quantitative estimate of drug-likeness (QED) is 0.785. The molecule has 2 heterocycles. The van der Waals surface area contributed by atoms with Crippen molar-refractivity contribution in [1.29, 1.82) is 0 Å². The fraction of sp³-hybridized carbons (Fsp3) is 1.00. The highest BCUT2D eigenvalue weighted by atomic mass is 32.2. The van der Waals surface area contributed by atoms with Gasteiger partial charge in [-0.1, -0.05) is 13.8 Å². The summed E-state index contributed by atoms with van der Waals surface area (Å²) in [6.45, 7) is 8.57. The highest BCUT2D eigenvalue weighted by molar-refractivity contribution is 7.91. The Bertz CT molecular complexity index is 367. The summed E-state index contributed by atoms with van der Waals surface area (Å²) < 4.78 is 23.2. The van der Waals surface area contributed by atoms with Gasteiger partial charge < -0.3 is 5.32 Å². The van der Waals surface area contributed by atoms with Gasteiger partial charge in [0.15, 0.2) is 9.84 Å². The molecule has 0 aliphatic carbocycles. The zero-order valence-corrected chi connectivity index (χ0v) is 11.8. The number of piperazine rings is 1. The summed E-state index contributed by atoms with van der Waals surface area (Å²) >= 11 is 0. The second kappa shape index (κ2) is 4.86. The molecule has 0 radical (unpaired) electrons. The van der Waals surface area contributed by atoms with E-state index in [0.717, 1.165) is 19.5 Å². The van der Waals surface area contributed by atoms with Crippen LogP contribution >= 0.6 is 0 Å². The van der Waals surface area contributed by atoms with Crippen molar-refractivity contribution >= 4 is 9.84 Å². The van der Waals surface area contributed by atoms with Crippen LogP contribution < -0.4 is 5.32 Å². The molecule has 3 unspecified atom stereocenters. The van der Waals surface area contributed by atoms with Crippen molar-refractivity contribution < 1.29 is 8.42 Å². The molecule has 0 aromatic heterocycles. The van der Waals surface area contributed by atoms with Crippen LogP contribution in [0.4, 0.5) is 0 Å². The third-order valence-corrected chi connectivity index (χ3v) is 5.78. The molecule has 2 saturated heterocycles. The molecule has 0 aromatic carbocycles. The van der Waals surface area contributed by atoms with Gasteiger partial charge in [-0.15, -0.1) is 0 Å². The molecule has 0 amide bonds. The summed E-state index contributed by atoms with van der Waals surface area (Å²) in [6, 6.07) is 1.19. The standard InChI is InChI=1S/C12H24N2O2S/c1-9(2)12-6-13-10(3)7-14(12)11-4-5-17(15,16)8-11/h9-13H,4-8H2,1-3H3. The van der Waals surface area contributed by atoms with Gasteiger partial charge in [-0.3, -0.25) is 4.90 Å². The van der Waals surface area contributed by atoms with Gasteiger partial charge in [0.25, 0.3) is 0 Å². The molecule has 0 bridgehead atoms. The highest BCUT2D eigenvalue weighted by Gasteiger charge is 2.38. The fourth-order valence-corrected chi connectivity index (χ4v) is 4.77. The third-order valence-electron chi connectivity index (χ3n) is 4.03. The zero-order chi connectivity index (χ0) is 12.6. The van der Waals surface area contributed by atoms with Gasteiger partial charge in [-0.25, -0.2) is 8.42 Å². The van der Waals surface area contributed by atoms with E-state index in [2.05, 4.69) is 31.0 Å². The molecule has 2 rings (SSSR count). The second-order valence-corrected chi connectivity index (χ2v) is 8.10. The summed E-state index contributed by atoms with van der Waals surface area (Å²) in [5.74, 6) is 1.31. The lowest BCUT2D eigenvalue weighted by atomic mass is 9.96. The number of sulfone groups is 1. The predicted molar refractivity (Wildman–Crippen MR) is 69.9 cm³/mol. The first-order valence-electron chi connectivity index (χ1n) is 6.58. The van der Waals surface area contributed by atoms with E-state index in [-0.39, 0.29) is 6.04 Å². The average molecular weight is 260 g/mol. The highest BCUT2D eigenvalue weighted by Crippen LogP contribution is 2.24. The molecule has 0 saturated carbocycles. The van der Waals surface area contributed by atoms with Crippen LogP contribution in [0.15, 0.2) is 0 Å². The van der Waals surface area contributed by atoms with Crippen LogP contribution in [-0.4, -0.2) is 56.0 Å². The number of rotatable bonds is 2. The van der Waals surface area contributed by atoms with E-state index in [4.69, 9.17) is 0 Å². The van der Waals surface area contributed by atoms with Crippen LogP contribution in [0, 0.1) is 5.92 Å². The largest absolute Gasteiger partial charge is 0.311 e. The Balaban J connectivity index is 2.10. The molecule has 0 spiro atoms. The molecule has 17 heavy (non-hydrogen) atoms. The van der Waals surface area contributed by atoms with Crippen LogP contribution in [0.1, 0.15) is 27.2 Å². The lowest BCUT2D eigenvalue weighted by Crippen LogP contribution is -2.60. The molecule has 3 atom stereocenters. The Labute approximate surface area is 105 Å². The summed E-state index contributed by atoms with van der Waals surface area (Å²) in [6.07, 6.45) is 0.818. The first kappa shape index (κ1) is 13.3. The molecule has 2 aliphatic rings. The second-order valence-electron chi connectivity index (χ2n) is 5.87. The van der Waals surface area contributed by atoms with Gasteiger partial charge in [0.05, 0.1) is 11.5 Å². The van der Waals surface area contributed by atoms with Crippen molar-refractivity contribution in [2.45, 2.75) is 45.3 Å². The van der Waals surface area contributed by atoms with E-state index in [1.54, 1.807) is 0 Å². The number of nitrogens with zero attached hydrogens (tertiary/aromatic N) is 1. The molecule has 1 N–H and O–H groups in total. The first-order chi connectivity index (χ1) is 7.89. The lowest BCUT2D eigenvalue weighted by Gasteiger charge is -2.44. The van der Waals surface area contributed by atoms with Crippen LogP contribution in [-0.2, 0) is 9.84 Å². The maximum atomic E-state index is 11.6. The van der Waals surface area contributed by atoms with Crippen LogP contribution in [0.5, 0.6) is 0 Å². The monoisotopic (exact) mass is 260 g/mol. The van der Waals surface area contributed by atoms with E-state index >= 15 is 0 Å². The van der Waals surface area contributed by atoms with Crippen molar-refractivity contribution in [3.05, 3.63) is 0 Å². The van der Waals surface area contributed by atoms with Gasteiger partial charge in [0.2, 0.25) is 0 Å². The number of nitrogens with one attached hydrogen (secondary N) is 1. The molecule has 2 fully saturated rings. The van der Waals surface area contributed by atoms with E-state index in [1.165, 1.54) is 0 Å².